The van der Waals surface area contributed by atoms with Gasteiger partial charge in [0.1, 0.15) is 5.82 Å². The van der Waals surface area contributed by atoms with Crippen LogP contribution in [-0.2, 0) is 16.0 Å². The van der Waals surface area contributed by atoms with Crippen LogP contribution in [0.4, 0.5) is 5.82 Å². The van der Waals surface area contributed by atoms with Gasteiger partial charge in [0.25, 0.3) is 0 Å². The average Bonchev–Trinajstić information content (AvgIpc) is 2.78. The molecule has 1 amide bonds. The molecule has 1 aromatic heterocycles. The number of nitrogen functional groups attached to an aromatic ring is 1. The van der Waals surface area contributed by atoms with Crippen molar-refractivity contribution in [2.45, 2.75) is 33.1 Å². The Morgan fingerprint density at radius 3 is 2.74 bits per heavy atom. The number of carbonyl (C=O) groups excluding carboxylic acids is 1. The SMILES string of the molecule is Cc1ccccc1-c1ccc2nc(N)c(CC(C)C(=O)NCC3CCOCC3)cc2c1. The summed E-state index contributed by atoms with van der Waals surface area (Å²) >= 11 is 0. The number of hydrogen-bond donors (Lipinski definition) is 2. The van der Waals surface area contributed by atoms with Gasteiger partial charge in [-0.3, -0.25) is 4.79 Å². The fourth-order valence-corrected chi connectivity index (χ4v) is 4.26. The molecule has 1 atom stereocenters. The van der Waals surface area contributed by atoms with Crippen molar-refractivity contribution in [3.63, 3.8) is 0 Å². The molecular weight excluding hydrogens is 386 g/mol. The maximum atomic E-state index is 12.6. The highest BCUT2D eigenvalue weighted by Gasteiger charge is 2.19. The number of nitrogens with zero attached hydrogens (tertiary/aromatic N) is 1. The number of carbonyl (C=O) groups is 1. The average molecular weight is 418 g/mol. The van der Waals surface area contributed by atoms with Gasteiger partial charge in [-0.05, 0) is 72.6 Å². The zero-order chi connectivity index (χ0) is 21.8. The Hall–Kier alpha value is -2.92. The largest absolute Gasteiger partial charge is 0.383 e. The summed E-state index contributed by atoms with van der Waals surface area (Å²) in [4.78, 5) is 17.2. The van der Waals surface area contributed by atoms with Gasteiger partial charge >= 0.3 is 0 Å². The molecule has 0 radical (unpaired) electrons. The van der Waals surface area contributed by atoms with E-state index in [2.05, 4.69) is 59.7 Å². The second-order valence-corrected chi connectivity index (χ2v) is 8.66. The van der Waals surface area contributed by atoms with E-state index in [1.807, 2.05) is 13.0 Å². The second-order valence-electron chi connectivity index (χ2n) is 8.66. The second kappa shape index (κ2) is 9.48. The number of nitrogens with one attached hydrogen (secondary N) is 1. The van der Waals surface area contributed by atoms with Crippen molar-refractivity contribution in [2.24, 2.45) is 11.8 Å². The molecule has 31 heavy (non-hydrogen) atoms. The molecule has 2 heterocycles. The number of rotatable bonds is 6. The summed E-state index contributed by atoms with van der Waals surface area (Å²) in [6.45, 7) is 6.37. The Kier molecular flexibility index (Phi) is 6.52. The molecule has 0 saturated carbocycles. The third-order valence-electron chi connectivity index (χ3n) is 6.26. The molecule has 0 spiro atoms. The van der Waals surface area contributed by atoms with E-state index < -0.39 is 0 Å². The third kappa shape index (κ3) is 5.05. The van der Waals surface area contributed by atoms with Crippen molar-refractivity contribution >= 4 is 22.6 Å². The van der Waals surface area contributed by atoms with E-state index >= 15 is 0 Å². The van der Waals surface area contributed by atoms with Crippen LogP contribution in [0, 0.1) is 18.8 Å². The zero-order valence-electron chi connectivity index (χ0n) is 18.4. The number of ether oxygens (including phenoxy) is 1. The minimum Gasteiger partial charge on any atom is -0.383 e. The van der Waals surface area contributed by atoms with Gasteiger partial charge in [-0.15, -0.1) is 0 Å². The van der Waals surface area contributed by atoms with E-state index in [-0.39, 0.29) is 11.8 Å². The van der Waals surface area contributed by atoms with Gasteiger partial charge in [0.05, 0.1) is 5.52 Å². The van der Waals surface area contributed by atoms with Crippen molar-refractivity contribution in [1.82, 2.24) is 10.3 Å². The molecule has 4 rings (SSSR count). The lowest BCUT2D eigenvalue weighted by Crippen LogP contribution is -2.36. The summed E-state index contributed by atoms with van der Waals surface area (Å²) in [6.07, 6.45) is 2.60. The van der Waals surface area contributed by atoms with Crippen LogP contribution in [0.1, 0.15) is 30.9 Å². The molecule has 1 unspecified atom stereocenters. The first-order chi connectivity index (χ1) is 15.0. The number of anilines is 1. The summed E-state index contributed by atoms with van der Waals surface area (Å²) in [6, 6.07) is 16.7. The molecule has 5 heteroatoms. The Bertz CT molecular complexity index is 1070. The monoisotopic (exact) mass is 417 g/mol. The number of nitrogens with two attached hydrogens (primary N) is 1. The van der Waals surface area contributed by atoms with Crippen LogP contribution in [0.25, 0.3) is 22.0 Å². The van der Waals surface area contributed by atoms with Crippen LogP contribution in [0.3, 0.4) is 0 Å². The first-order valence-corrected chi connectivity index (χ1v) is 11.1. The summed E-state index contributed by atoms with van der Waals surface area (Å²) in [5, 5.41) is 4.15. The van der Waals surface area contributed by atoms with Crippen LogP contribution in [0.15, 0.2) is 48.5 Å². The minimum atomic E-state index is -0.166. The maximum absolute atomic E-state index is 12.6. The summed E-state index contributed by atoms with van der Waals surface area (Å²) in [7, 11) is 0. The topological polar surface area (TPSA) is 77.2 Å². The smallest absolute Gasteiger partial charge is 0.223 e. The van der Waals surface area contributed by atoms with E-state index in [1.54, 1.807) is 0 Å². The van der Waals surface area contributed by atoms with Crippen molar-refractivity contribution in [3.8, 4) is 11.1 Å². The molecule has 1 aliphatic heterocycles. The van der Waals surface area contributed by atoms with Crippen molar-refractivity contribution < 1.29 is 9.53 Å². The number of amides is 1. The van der Waals surface area contributed by atoms with Gasteiger partial charge in [-0.2, -0.15) is 0 Å². The van der Waals surface area contributed by atoms with Gasteiger partial charge in [-0.1, -0.05) is 37.3 Å². The first-order valence-electron chi connectivity index (χ1n) is 11.1. The van der Waals surface area contributed by atoms with Crippen LogP contribution in [0.2, 0.25) is 0 Å². The number of fused-ring (bicyclic) bond motifs is 1. The fourth-order valence-electron chi connectivity index (χ4n) is 4.26. The molecular formula is C26H31N3O2. The van der Waals surface area contributed by atoms with E-state index in [9.17, 15) is 4.79 Å². The van der Waals surface area contributed by atoms with Gasteiger partial charge in [0.2, 0.25) is 5.91 Å². The molecule has 3 N–H and O–H groups in total. The molecule has 0 bridgehead atoms. The van der Waals surface area contributed by atoms with Gasteiger partial charge in [-0.25, -0.2) is 4.98 Å². The molecule has 1 saturated heterocycles. The van der Waals surface area contributed by atoms with Crippen LogP contribution in [-0.4, -0.2) is 30.6 Å². The Morgan fingerprint density at radius 2 is 1.97 bits per heavy atom. The molecule has 3 aromatic rings. The maximum Gasteiger partial charge on any atom is 0.223 e. The molecule has 162 valence electrons. The summed E-state index contributed by atoms with van der Waals surface area (Å²) < 4.78 is 5.39. The number of aryl methyl sites for hydroxylation is 1. The van der Waals surface area contributed by atoms with E-state index in [0.717, 1.165) is 54.6 Å². The highest BCUT2D eigenvalue weighted by atomic mass is 16.5. The van der Waals surface area contributed by atoms with Crippen molar-refractivity contribution in [1.29, 1.82) is 0 Å². The number of benzene rings is 2. The Morgan fingerprint density at radius 1 is 1.19 bits per heavy atom. The Balaban J connectivity index is 1.49. The first kappa shape index (κ1) is 21.3. The standard InChI is InChI=1S/C26H31N3O2/c1-17-5-3-4-6-23(17)20-7-8-24-21(14-20)15-22(25(27)29-24)13-18(2)26(30)28-16-19-9-11-31-12-10-19/h3-8,14-15,18-19H,9-13,16H2,1-2H3,(H2,27,29)(H,28,30). The van der Waals surface area contributed by atoms with E-state index in [4.69, 9.17) is 10.5 Å². The van der Waals surface area contributed by atoms with Crippen LogP contribution >= 0.6 is 0 Å². The van der Waals surface area contributed by atoms with E-state index in [1.165, 1.54) is 11.1 Å². The normalized spacial score (nSPS) is 15.7. The Labute approximate surface area is 184 Å². The van der Waals surface area contributed by atoms with Gasteiger partial charge < -0.3 is 15.8 Å². The van der Waals surface area contributed by atoms with Gasteiger partial charge in [0, 0.05) is 31.1 Å². The minimum absolute atomic E-state index is 0.0691. The number of pyridine rings is 1. The molecule has 1 aliphatic rings. The zero-order valence-corrected chi connectivity index (χ0v) is 18.4. The van der Waals surface area contributed by atoms with E-state index in [0.29, 0.717) is 18.2 Å². The summed E-state index contributed by atoms with van der Waals surface area (Å²) in [5.74, 6) is 0.915. The van der Waals surface area contributed by atoms with Crippen molar-refractivity contribution in [2.75, 3.05) is 25.5 Å². The molecule has 5 nitrogen and oxygen atoms in total. The highest BCUT2D eigenvalue weighted by molar-refractivity contribution is 5.87. The molecule has 0 aliphatic carbocycles. The lowest BCUT2D eigenvalue weighted by Gasteiger charge is -2.23. The molecule has 1 fully saturated rings. The summed E-state index contributed by atoms with van der Waals surface area (Å²) in [5.41, 5.74) is 11.6. The molecule has 2 aromatic carbocycles. The highest BCUT2D eigenvalue weighted by Crippen LogP contribution is 2.28. The van der Waals surface area contributed by atoms with Gasteiger partial charge in [0.15, 0.2) is 0 Å². The van der Waals surface area contributed by atoms with Crippen LogP contribution in [0.5, 0.6) is 0 Å². The quantitative estimate of drug-likeness (QED) is 0.618. The lowest BCUT2D eigenvalue weighted by molar-refractivity contribution is -0.124. The predicted octanol–water partition coefficient (Wildman–Crippen LogP) is 4.51. The third-order valence-corrected chi connectivity index (χ3v) is 6.26. The lowest BCUT2D eigenvalue weighted by atomic mass is 9.96. The fraction of sp³-hybridized carbons (Fsp3) is 0.385. The van der Waals surface area contributed by atoms with Crippen molar-refractivity contribution in [3.05, 3.63) is 59.7 Å². The predicted molar refractivity (Wildman–Crippen MR) is 126 cm³/mol. The van der Waals surface area contributed by atoms with Crippen LogP contribution < -0.4 is 11.1 Å². The number of aromatic nitrogens is 1. The number of hydrogen-bond acceptors (Lipinski definition) is 4.